The minimum atomic E-state index is -0.935. The predicted octanol–water partition coefficient (Wildman–Crippen LogP) is 5.14. The Bertz CT molecular complexity index is 466. The van der Waals surface area contributed by atoms with E-state index in [2.05, 4.69) is 20.1 Å². The lowest BCUT2D eigenvalue weighted by Crippen LogP contribution is -2.29. The minimum Gasteiger partial charge on any atom is -0.478 e. The van der Waals surface area contributed by atoms with Crippen LogP contribution in [0, 0.1) is 17.8 Å². The summed E-state index contributed by atoms with van der Waals surface area (Å²) in [5.74, 6) is 1.61. The van der Waals surface area contributed by atoms with Crippen molar-refractivity contribution in [3.63, 3.8) is 0 Å². The molecule has 0 amide bonds. The molecule has 0 heterocycles. The Morgan fingerprint density at radius 2 is 1.24 bits per heavy atom. The summed E-state index contributed by atoms with van der Waals surface area (Å²) in [4.78, 5) is 21.1. The van der Waals surface area contributed by atoms with Gasteiger partial charge in [0.05, 0.1) is 0 Å². The average molecular weight is 350 g/mol. The molecule has 0 unspecified atom stereocenters. The van der Waals surface area contributed by atoms with Gasteiger partial charge in [-0.15, -0.1) is 0 Å². The molecule has 0 saturated heterocycles. The van der Waals surface area contributed by atoms with Crippen LogP contribution in [0.15, 0.2) is 24.3 Å². The van der Waals surface area contributed by atoms with Crippen molar-refractivity contribution in [2.24, 2.45) is 17.8 Å². The van der Waals surface area contributed by atoms with Gasteiger partial charge in [-0.3, -0.25) is 0 Å². The van der Waals surface area contributed by atoms with Crippen molar-refractivity contribution in [3.05, 3.63) is 24.3 Å². The molecule has 4 heteroatoms. The van der Waals surface area contributed by atoms with Crippen LogP contribution in [0.4, 0.5) is 0 Å². The van der Waals surface area contributed by atoms with Crippen LogP contribution in [-0.2, 0) is 14.3 Å². The van der Waals surface area contributed by atoms with Crippen molar-refractivity contribution in [3.8, 4) is 0 Å². The van der Waals surface area contributed by atoms with Crippen molar-refractivity contribution in [1.29, 1.82) is 0 Å². The van der Waals surface area contributed by atoms with Gasteiger partial charge in [0.1, 0.15) is 6.10 Å². The molecular formula is C21H34O4. The third-order valence-corrected chi connectivity index (χ3v) is 5.43. The molecule has 0 aromatic heterocycles. The van der Waals surface area contributed by atoms with Crippen molar-refractivity contribution >= 4 is 11.9 Å². The summed E-state index contributed by atoms with van der Waals surface area (Å²) < 4.78 is 5.47. The zero-order valence-electron chi connectivity index (χ0n) is 16.1. The van der Waals surface area contributed by atoms with Gasteiger partial charge in [0.2, 0.25) is 0 Å². The first-order valence-corrected chi connectivity index (χ1v) is 9.46. The maximum Gasteiger partial charge on any atom is 0.333 e. The van der Waals surface area contributed by atoms with Crippen LogP contribution in [0.1, 0.15) is 72.1 Å². The molecule has 0 bridgehead atoms. The number of ether oxygens (including phenoxy) is 1. The van der Waals surface area contributed by atoms with Gasteiger partial charge in [-0.05, 0) is 70.1 Å². The first-order valence-electron chi connectivity index (χ1n) is 9.46. The molecule has 0 radical (unpaired) electrons. The third kappa shape index (κ3) is 7.89. The smallest absolute Gasteiger partial charge is 0.333 e. The quantitative estimate of drug-likeness (QED) is 0.563. The maximum atomic E-state index is 11.5. The second-order valence-corrected chi connectivity index (χ2v) is 7.83. The molecule has 0 aromatic rings. The van der Waals surface area contributed by atoms with Crippen LogP contribution < -0.4 is 0 Å². The minimum absolute atomic E-state index is 0.142. The monoisotopic (exact) mass is 350 g/mol. The first kappa shape index (κ1) is 21.5. The summed E-state index contributed by atoms with van der Waals surface area (Å²) >= 11 is 0. The van der Waals surface area contributed by atoms with E-state index in [0.29, 0.717) is 5.57 Å². The van der Waals surface area contributed by atoms with E-state index in [1.165, 1.54) is 45.4 Å². The molecule has 0 atom stereocenters. The van der Waals surface area contributed by atoms with Crippen LogP contribution in [0.3, 0.4) is 0 Å². The predicted molar refractivity (Wildman–Crippen MR) is 100 cm³/mol. The van der Waals surface area contributed by atoms with Gasteiger partial charge in [-0.1, -0.05) is 32.9 Å². The largest absolute Gasteiger partial charge is 0.478 e. The lowest BCUT2D eigenvalue weighted by Gasteiger charge is -2.37. The summed E-state index contributed by atoms with van der Waals surface area (Å²) in [5.41, 5.74) is 0.693. The SMILES string of the molecule is C=C(C)C(=O)O.C=C(C)C(=O)OC1CCC(C2CCC(C)CC2)CC1. The summed E-state index contributed by atoms with van der Waals surface area (Å²) in [6, 6.07) is 0. The van der Waals surface area contributed by atoms with Crippen LogP contribution >= 0.6 is 0 Å². The topological polar surface area (TPSA) is 63.6 Å². The lowest BCUT2D eigenvalue weighted by atomic mass is 9.71. The average Bonchev–Trinajstić information content (AvgIpc) is 2.56. The number of carbonyl (C=O) groups is 2. The van der Waals surface area contributed by atoms with Crippen molar-refractivity contribution in [2.45, 2.75) is 78.2 Å². The summed E-state index contributed by atoms with van der Waals surface area (Å²) in [6.07, 6.45) is 10.4. The molecule has 142 valence electrons. The molecule has 0 aliphatic heterocycles. The Morgan fingerprint density at radius 1 is 0.840 bits per heavy atom. The summed E-state index contributed by atoms with van der Waals surface area (Å²) in [5, 5.41) is 7.89. The van der Waals surface area contributed by atoms with Gasteiger partial charge in [0.25, 0.3) is 0 Å². The molecule has 2 aliphatic carbocycles. The van der Waals surface area contributed by atoms with Gasteiger partial charge in [0.15, 0.2) is 0 Å². The van der Waals surface area contributed by atoms with E-state index in [-0.39, 0.29) is 17.6 Å². The van der Waals surface area contributed by atoms with Crippen molar-refractivity contribution in [1.82, 2.24) is 0 Å². The third-order valence-electron chi connectivity index (χ3n) is 5.43. The fourth-order valence-corrected chi connectivity index (χ4v) is 3.69. The van der Waals surface area contributed by atoms with E-state index in [4.69, 9.17) is 9.84 Å². The van der Waals surface area contributed by atoms with E-state index in [1.807, 2.05) is 0 Å². The van der Waals surface area contributed by atoms with E-state index in [9.17, 15) is 9.59 Å². The molecule has 0 aromatic carbocycles. The number of carbonyl (C=O) groups excluding carboxylic acids is 1. The Hall–Kier alpha value is -1.58. The van der Waals surface area contributed by atoms with Crippen molar-refractivity contribution in [2.75, 3.05) is 0 Å². The van der Waals surface area contributed by atoms with Crippen LogP contribution in [-0.4, -0.2) is 23.1 Å². The van der Waals surface area contributed by atoms with Gasteiger partial charge < -0.3 is 9.84 Å². The lowest BCUT2D eigenvalue weighted by molar-refractivity contribution is -0.146. The van der Waals surface area contributed by atoms with Crippen LogP contribution in [0.5, 0.6) is 0 Å². The molecule has 25 heavy (non-hydrogen) atoms. The number of carboxylic acid groups (broad SMARTS) is 1. The van der Waals surface area contributed by atoms with E-state index in [0.717, 1.165) is 30.6 Å². The fraction of sp³-hybridized carbons (Fsp3) is 0.714. The van der Waals surface area contributed by atoms with E-state index >= 15 is 0 Å². The maximum absolute atomic E-state index is 11.5. The standard InChI is InChI=1S/C17H28O2.C4H6O2/c1-12(2)17(18)19-16-10-8-15(9-11-16)14-6-4-13(3)5-7-14;1-3(2)4(5)6/h13-16H,1,4-11H2,2-3H3;1H2,2H3,(H,5,6). The second-order valence-electron chi connectivity index (χ2n) is 7.83. The highest BCUT2D eigenvalue weighted by Gasteiger charge is 2.31. The number of rotatable bonds is 4. The fourth-order valence-electron chi connectivity index (χ4n) is 3.69. The number of carboxylic acids is 1. The highest BCUT2D eigenvalue weighted by Crippen LogP contribution is 2.40. The number of hydrogen-bond donors (Lipinski definition) is 1. The zero-order chi connectivity index (χ0) is 19.0. The second kappa shape index (κ2) is 10.4. The first-order chi connectivity index (χ1) is 11.7. The molecule has 1 N–H and O–H groups in total. The highest BCUT2D eigenvalue weighted by atomic mass is 16.5. The Morgan fingerprint density at radius 3 is 1.60 bits per heavy atom. The Labute approximate surface area is 152 Å². The molecule has 0 spiro atoms. The van der Waals surface area contributed by atoms with E-state index in [1.54, 1.807) is 6.92 Å². The summed E-state index contributed by atoms with van der Waals surface area (Å²) in [6.45, 7) is 12.3. The number of esters is 1. The number of aliphatic carboxylic acids is 1. The van der Waals surface area contributed by atoms with Gasteiger partial charge >= 0.3 is 11.9 Å². The van der Waals surface area contributed by atoms with Gasteiger partial charge in [0, 0.05) is 11.1 Å². The zero-order valence-corrected chi connectivity index (χ0v) is 16.1. The molecule has 2 aliphatic rings. The highest BCUT2D eigenvalue weighted by molar-refractivity contribution is 5.87. The van der Waals surface area contributed by atoms with Gasteiger partial charge in [-0.2, -0.15) is 0 Å². The molecule has 4 nitrogen and oxygen atoms in total. The van der Waals surface area contributed by atoms with E-state index < -0.39 is 5.97 Å². The molecule has 2 rings (SSSR count). The van der Waals surface area contributed by atoms with Crippen LogP contribution in [0.2, 0.25) is 0 Å². The Kier molecular flexibility index (Phi) is 8.95. The normalized spacial score (nSPS) is 28.9. The number of hydrogen-bond acceptors (Lipinski definition) is 3. The Balaban J connectivity index is 0.000000450. The van der Waals surface area contributed by atoms with Gasteiger partial charge in [-0.25, -0.2) is 9.59 Å². The molecular weight excluding hydrogens is 316 g/mol. The summed E-state index contributed by atoms with van der Waals surface area (Å²) in [7, 11) is 0. The van der Waals surface area contributed by atoms with Crippen LogP contribution in [0.25, 0.3) is 0 Å². The molecule has 2 saturated carbocycles. The van der Waals surface area contributed by atoms with Crippen molar-refractivity contribution < 1.29 is 19.4 Å². The molecule has 2 fully saturated rings.